The molecule has 3 N–H and O–H groups in total. The molecule has 1 atom stereocenters. The van der Waals surface area contributed by atoms with Crippen molar-refractivity contribution in [1.82, 2.24) is 19.7 Å². The zero-order valence-electron chi connectivity index (χ0n) is 27.9. The number of nitrogens with zero attached hydrogens (tertiary/aromatic N) is 5. The number of hydrogen-bond acceptors (Lipinski definition) is 8. The minimum absolute atomic E-state index is 0.0496. The maximum atomic E-state index is 11.5. The van der Waals surface area contributed by atoms with E-state index in [0.29, 0.717) is 47.7 Å². The highest BCUT2D eigenvalue weighted by Crippen LogP contribution is 2.37. The Labute approximate surface area is 281 Å². The van der Waals surface area contributed by atoms with Crippen molar-refractivity contribution in [3.63, 3.8) is 0 Å². The Hall–Kier alpha value is -5.25. The molecule has 5 aromatic rings. The fourth-order valence-electron chi connectivity index (χ4n) is 6.16. The zero-order valence-corrected chi connectivity index (χ0v) is 28.9. The molecule has 48 heavy (non-hydrogen) atoms. The van der Waals surface area contributed by atoms with Crippen LogP contribution in [0, 0.1) is 11.3 Å². The predicted molar refractivity (Wildman–Crippen MR) is 190 cm³/mol. The molecular formula is C36H41N7O4Si. The monoisotopic (exact) mass is 663 g/mol. The van der Waals surface area contributed by atoms with Crippen LogP contribution in [0.4, 0.5) is 16.6 Å². The number of amides is 1. The van der Waals surface area contributed by atoms with Gasteiger partial charge in [0.15, 0.2) is 5.82 Å². The zero-order chi connectivity index (χ0) is 34.3. The van der Waals surface area contributed by atoms with Gasteiger partial charge in [0.25, 0.3) is 8.32 Å². The number of aromatic nitrogens is 4. The fraction of sp³-hybridized carbons (Fsp3) is 0.306. The highest BCUT2D eigenvalue weighted by Gasteiger charge is 2.50. The lowest BCUT2D eigenvalue weighted by atomic mass is 10.1. The molecule has 3 aromatic carbocycles. The molecule has 2 heterocycles. The van der Waals surface area contributed by atoms with Crippen molar-refractivity contribution in [3.8, 4) is 11.8 Å². The lowest BCUT2D eigenvalue weighted by molar-refractivity contribution is 0.209. The van der Waals surface area contributed by atoms with Crippen LogP contribution in [0.1, 0.15) is 51.7 Å². The highest BCUT2D eigenvalue weighted by molar-refractivity contribution is 6.99. The van der Waals surface area contributed by atoms with Crippen LogP contribution in [-0.2, 0) is 11.0 Å². The van der Waals surface area contributed by atoms with Crippen LogP contribution in [0.2, 0.25) is 5.04 Å². The summed E-state index contributed by atoms with van der Waals surface area (Å²) >= 11 is 0. The summed E-state index contributed by atoms with van der Waals surface area (Å²) in [6, 6.07) is 28.4. The second kappa shape index (κ2) is 14.7. The quantitative estimate of drug-likeness (QED) is 0.129. The summed E-state index contributed by atoms with van der Waals surface area (Å²) in [5.41, 5.74) is 2.39. The molecule has 2 aromatic heterocycles. The number of ether oxygens (including phenoxy) is 1. The van der Waals surface area contributed by atoms with E-state index in [-0.39, 0.29) is 17.0 Å². The number of carboxylic acid groups (broad SMARTS) is 1. The van der Waals surface area contributed by atoms with Gasteiger partial charge >= 0.3 is 6.09 Å². The largest absolute Gasteiger partial charge is 0.496 e. The molecule has 11 nitrogen and oxygen atoms in total. The van der Waals surface area contributed by atoms with Crippen molar-refractivity contribution in [3.05, 3.63) is 96.2 Å². The van der Waals surface area contributed by atoms with Gasteiger partial charge in [0.05, 0.1) is 31.5 Å². The van der Waals surface area contributed by atoms with E-state index >= 15 is 0 Å². The number of methoxy groups -OCH3 is 1. The van der Waals surface area contributed by atoms with Crippen molar-refractivity contribution in [2.24, 2.45) is 0 Å². The number of benzene rings is 3. The number of fused-ring (bicyclic) bond motifs is 1. The lowest BCUT2D eigenvalue weighted by Gasteiger charge is -2.43. The third-order valence-electron chi connectivity index (χ3n) is 8.48. The van der Waals surface area contributed by atoms with Crippen molar-refractivity contribution < 1.29 is 19.1 Å². The second-order valence-electron chi connectivity index (χ2n) is 12.6. The topological polar surface area (TPSA) is 147 Å². The first-order valence-corrected chi connectivity index (χ1v) is 17.8. The standard InChI is InChI=1S/C36H41N7O4Si/c1-6-27(19-20-47-48(36(2,3)4,28-13-9-7-10-14-28)29-15-11-8-12-16-29)39-33-32-30(40-34(41-33)42-35(44)45)23-38-43(32)24-26-18-17-25(22-37)21-31(26)46-5/h7-18,21,23,27H,6,19-20,24H2,1-5H3,(H,44,45)(H2,39,40,41,42)/t27-/m0/s1. The van der Waals surface area contributed by atoms with E-state index in [4.69, 9.17) is 9.16 Å². The van der Waals surface area contributed by atoms with Gasteiger partial charge in [0, 0.05) is 18.2 Å². The number of carbonyl (C=O) groups is 1. The second-order valence-corrected chi connectivity index (χ2v) is 16.9. The molecule has 12 heteroatoms. The van der Waals surface area contributed by atoms with E-state index in [9.17, 15) is 15.2 Å². The summed E-state index contributed by atoms with van der Waals surface area (Å²) in [4.78, 5) is 20.5. The van der Waals surface area contributed by atoms with Crippen LogP contribution >= 0.6 is 0 Å². The summed E-state index contributed by atoms with van der Waals surface area (Å²) < 4.78 is 14.5. The molecule has 0 saturated heterocycles. The molecule has 1 amide bonds. The van der Waals surface area contributed by atoms with E-state index < -0.39 is 14.4 Å². The molecule has 0 aliphatic carbocycles. The number of hydrogen-bond donors (Lipinski definition) is 3. The van der Waals surface area contributed by atoms with Gasteiger partial charge in [-0.15, -0.1) is 0 Å². The first kappa shape index (κ1) is 34.1. The molecule has 5 rings (SSSR count). The summed E-state index contributed by atoms with van der Waals surface area (Å²) in [5.74, 6) is 0.960. The molecule has 0 aliphatic heterocycles. The Morgan fingerprint density at radius 3 is 2.27 bits per heavy atom. The van der Waals surface area contributed by atoms with Gasteiger partial charge in [-0.1, -0.05) is 94.4 Å². The van der Waals surface area contributed by atoms with Crippen LogP contribution in [0.15, 0.2) is 85.1 Å². The molecule has 0 saturated carbocycles. The van der Waals surface area contributed by atoms with E-state index in [1.807, 2.05) is 18.2 Å². The number of anilines is 2. The van der Waals surface area contributed by atoms with Gasteiger partial charge in [-0.2, -0.15) is 15.3 Å². The van der Waals surface area contributed by atoms with Gasteiger partial charge in [-0.25, -0.2) is 9.78 Å². The van der Waals surface area contributed by atoms with Gasteiger partial charge in [-0.05, 0) is 40.4 Å². The molecule has 248 valence electrons. The van der Waals surface area contributed by atoms with Crippen LogP contribution in [0.25, 0.3) is 11.0 Å². The van der Waals surface area contributed by atoms with E-state index in [1.165, 1.54) is 10.4 Å². The van der Waals surface area contributed by atoms with Gasteiger partial charge in [0.2, 0.25) is 5.95 Å². The predicted octanol–water partition coefficient (Wildman–Crippen LogP) is 6.00. The average Bonchev–Trinajstić information content (AvgIpc) is 3.48. The highest BCUT2D eigenvalue weighted by atomic mass is 28.4. The summed E-state index contributed by atoms with van der Waals surface area (Å²) in [5, 5.41) is 31.5. The SMILES string of the molecule is CC[C@@H](CCO[Si](c1ccccc1)(c1ccccc1)C(C)(C)C)Nc1nc(NC(=O)O)nc2cnn(Cc3ccc(C#N)cc3OC)c12. The normalized spacial score (nSPS) is 12.3. The van der Waals surface area contributed by atoms with Gasteiger partial charge in [0.1, 0.15) is 16.8 Å². The lowest BCUT2D eigenvalue weighted by Crippen LogP contribution is -2.66. The Balaban J connectivity index is 1.46. The van der Waals surface area contributed by atoms with Crippen LogP contribution in [0.5, 0.6) is 5.75 Å². The van der Waals surface area contributed by atoms with Gasteiger partial charge < -0.3 is 19.6 Å². The minimum Gasteiger partial charge on any atom is -0.496 e. The van der Waals surface area contributed by atoms with Crippen LogP contribution in [-0.4, -0.2) is 59.0 Å². The molecule has 0 fully saturated rings. The first-order chi connectivity index (χ1) is 23.1. The molecule has 0 bridgehead atoms. The van der Waals surface area contributed by atoms with Gasteiger partial charge in [-0.3, -0.25) is 10.00 Å². The Kier molecular flexibility index (Phi) is 10.4. The van der Waals surface area contributed by atoms with Crippen molar-refractivity contribution in [2.45, 2.75) is 58.2 Å². The molecule has 0 radical (unpaired) electrons. The number of nitriles is 1. The Bertz CT molecular complexity index is 1860. The molecular weight excluding hydrogens is 623 g/mol. The van der Waals surface area contributed by atoms with E-state index in [1.54, 1.807) is 30.1 Å². The first-order valence-electron chi connectivity index (χ1n) is 15.9. The minimum atomic E-state index is -2.72. The molecule has 0 aliphatic rings. The van der Waals surface area contributed by atoms with Crippen molar-refractivity contribution in [2.75, 3.05) is 24.4 Å². The Morgan fingerprint density at radius 2 is 1.71 bits per heavy atom. The van der Waals surface area contributed by atoms with Crippen LogP contribution in [0.3, 0.4) is 0 Å². The number of rotatable bonds is 13. The summed E-state index contributed by atoms with van der Waals surface area (Å²) in [6.45, 7) is 9.67. The smallest absolute Gasteiger partial charge is 0.411 e. The molecule has 0 unspecified atom stereocenters. The fourth-order valence-corrected chi connectivity index (χ4v) is 10.7. The summed E-state index contributed by atoms with van der Waals surface area (Å²) in [6.07, 6.45) is 1.75. The average molecular weight is 664 g/mol. The van der Waals surface area contributed by atoms with Crippen molar-refractivity contribution in [1.29, 1.82) is 5.26 Å². The van der Waals surface area contributed by atoms with E-state index in [0.717, 1.165) is 12.0 Å². The maximum Gasteiger partial charge on any atom is 0.411 e. The Morgan fingerprint density at radius 1 is 1.04 bits per heavy atom. The van der Waals surface area contributed by atoms with E-state index in [2.05, 4.69) is 108 Å². The maximum absolute atomic E-state index is 11.5. The van der Waals surface area contributed by atoms with Crippen LogP contribution < -0.4 is 25.7 Å². The third kappa shape index (κ3) is 7.17. The third-order valence-corrected chi connectivity index (χ3v) is 13.5. The summed E-state index contributed by atoms with van der Waals surface area (Å²) in [7, 11) is -1.17. The van der Waals surface area contributed by atoms with Crippen molar-refractivity contribution >= 4 is 47.6 Å². The number of nitrogens with one attached hydrogen (secondary N) is 2. The molecule has 0 spiro atoms.